The first-order chi connectivity index (χ1) is 17.9. The Morgan fingerprint density at radius 3 is 2.68 bits per heavy atom. The highest BCUT2D eigenvalue weighted by Crippen LogP contribution is 2.34. The third-order valence-electron chi connectivity index (χ3n) is 5.00. The van der Waals surface area contributed by atoms with Crippen LogP contribution in [0.2, 0.25) is 0 Å². The van der Waals surface area contributed by atoms with E-state index in [9.17, 15) is 10.1 Å². The molecule has 0 fully saturated rings. The van der Waals surface area contributed by atoms with Gasteiger partial charge in [0.05, 0.1) is 18.2 Å². The first-order valence-corrected chi connectivity index (χ1v) is 11.4. The van der Waals surface area contributed by atoms with Crippen molar-refractivity contribution in [1.82, 2.24) is 19.9 Å². The number of nitrogens with zero attached hydrogens (tertiary/aromatic N) is 5. The summed E-state index contributed by atoms with van der Waals surface area (Å²) in [6.07, 6.45) is 1.59. The maximum absolute atomic E-state index is 12.7. The minimum Gasteiger partial charge on any atom is -0.462 e. The van der Waals surface area contributed by atoms with Crippen molar-refractivity contribution in [2.45, 2.75) is 26.7 Å². The van der Waals surface area contributed by atoms with Crippen molar-refractivity contribution >= 4 is 28.8 Å². The molecule has 0 amide bonds. The summed E-state index contributed by atoms with van der Waals surface area (Å²) in [6.45, 7) is 4.00. The maximum atomic E-state index is 12.7. The fraction of sp³-hybridized carbons (Fsp3) is 0.200. The lowest BCUT2D eigenvalue weighted by Crippen LogP contribution is -2.21. The van der Waals surface area contributed by atoms with E-state index in [1.165, 1.54) is 18.2 Å². The van der Waals surface area contributed by atoms with Crippen molar-refractivity contribution in [2.75, 3.05) is 6.61 Å². The van der Waals surface area contributed by atoms with Gasteiger partial charge in [0, 0.05) is 0 Å². The number of carbonyl (C=O) groups is 1. The number of aryl methyl sites for hydroxylation is 1. The molecule has 0 saturated carbocycles. The number of benzene rings is 2. The zero-order valence-electron chi connectivity index (χ0n) is 20.2. The number of nitrogens with two attached hydrogens (primary N) is 2. The van der Waals surface area contributed by atoms with E-state index in [-0.39, 0.29) is 47.0 Å². The number of aromatic nitrogens is 4. The number of imidazole rings is 1. The highest BCUT2D eigenvalue weighted by atomic mass is 16.5. The van der Waals surface area contributed by atoms with Gasteiger partial charge < -0.3 is 30.7 Å². The number of ether oxygens (including phenoxy) is 3. The Hall–Kier alpha value is -5.18. The van der Waals surface area contributed by atoms with E-state index in [1.807, 2.05) is 13.0 Å². The molecular weight excluding hydrogens is 476 g/mol. The Balaban J connectivity index is 1.75. The van der Waals surface area contributed by atoms with Crippen LogP contribution in [-0.2, 0) is 4.74 Å². The average Bonchev–Trinajstić information content (AvgIpc) is 3.25. The average molecular weight is 501 g/mol. The monoisotopic (exact) mass is 500 g/mol. The van der Waals surface area contributed by atoms with Gasteiger partial charge >= 0.3 is 12.0 Å². The molecule has 0 aliphatic rings. The summed E-state index contributed by atoms with van der Waals surface area (Å²) >= 11 is 0. The number of guanidine groups is 1. The number of nitriles is 1. The number of aliphatic imine (C=N–C) groups is 1. The number of aromatic amines is 1. The maximum Gasteiger partial charge on any atom is 0.341 e. The van der Waals surface area contributed by atoms with Gasteiger partial charge in [-0.05, 0) is 43.7 Å². The number of carbonyl (C=O) groups excluding carboxylic acids is 1. The predicted octanol–water partition coefficient (Wildman–Crippen LogP) is 3.98. The van der Waals surface area contributed by atoms with Crippen LogP contribution in [0.1, 0.15) is 41.5 Å². The van der Waals surface area contributed by atoms with Gasteiger partial charge in [-0.15, -0.1) is 0 Å². The zero-order valence-corrected chi connectivity index (χ0v) is 20.2. The van der Waals surface area contributed by atoms with E-state index >= 15 is 0 Å². The number of hydrogen-bond acceptors (Lipinski definition) is 9. The van der Waals surface area contributed by atoms with Crippen molar-refractivity contribution in [2.24, 2.45) is 16.5 Å². The molecular formula is C25H24N8O4. The Bertz CT molecular complexity index is 1520. The fourth-order valence-corrected chi connectivity index (χ4v) is 3.30. The molecule has 188 valence electrons. The van der Waals surface area contributed by atoms with Crippen molar-refractivity contribution < 1.29 is 19.0 Å². The number of rotatable bonds is 9. The summed E-state index contributed by atoms with van der Waals surface area (Å²) in [5.74, 6) is 0.228. The lowest BCUT2D eigenvalue weighted by atomic mass is 10.1. The Morgan fingerprint density at radius 1 is 1.11 bits per heavy atom. The summed E-state index contributed by atoms with van der Waals surface area (Å²) in [5, 5.41) is 9.39. The highest BCUT2D eigenvalue weighted by Gasteiger charge is 2.20. The van der Waals surface area contributed by atoms with E-state index in [1.54, 1.807) is 31.2 Å². The van der Waals surface area contributed by atoms with Gasteiger partial charge in [-0.3, -0.25) is 0 Å². The number of esters is 1. The van der Waals surface area contributed by atoms with E-state index in [2.05, 4.69) is 24.9 Å². The molecule has 0 radical (unpaired) electrons. The Morgan fingerprint density at radius 2 is 1.92 bits per heavy atom. The molecule has 12 nitrogen and oxygen atoms in total. The highest BCUT2D eigenvalue weighted by molar-refractivity contribution is 5.93. The molecule has 0 saturated heterocycles. The summed E-state index contributed by atoms with van der Waals surface area (Å²) in [6, 6.07) is 13.1. The molecule has 0 spiro atoms. The second-order valence-corrected chi connectivity index (χ2v) is 7.85. The summed E-state index contributed by atoms with van der Waals surface area (Å²) < 4.78 is 17.3. The summed E-state index contributed by atoms with van der Waals surface area (Å²) in [7, 11) is 0. The Kier molecular flexibility index (Phi) is 7.44. The molecule has 0 atom stereocenters. The molecule has 37 heavy (non-hydrogen) atoms. The molecule has 0 aliphatic heterocycles. The normalized spacial score (nSPS) is 10.5. The van der Waals surface area contributed by atoms with Crippen LogP contribution in [0.3, 0.4) is 0 Å². The molecule has 2 aromatic carbocycles. The first kappa shape index (κ1) is 24.9. The van der Waals surface area contributed by atoms with Crippen molar-refractivity contribution in [3.05, 3.63) is 59.4 Å². The number of nitrogens with one attached hydrogen (secondary N) is 1. The SMILES string of the molecule is CCCCOC(=O)c1ccc(C#N)cc1Oc1nc(Oc2ccccc2N=C(N)N)nc2nc(C)[nH]c12. The molecule has 2 aromatic heterocycles. The molecule has 0 unspecified atom stereocenters. The van der Waals surface area contributed by atoms with Crippen molar-refractivity contribution in [3.8, 4) is 29.5 Å². The van der Waals surface area contributed by atoms with Gasteiger partial charge in [0.15, 0.2) is 17.4 Å². The van der Waals surface area contributed by atoms with Crippen LogP contribution < -0.4 is 20.9 Å². The second kappa shape index (κ2) is 11.0. The van der Waals surface area contributed by atoms with E-state index < -0.39 is 5.97 Å². The predicted molar refractivity (Wildman–Crippen MR) is 135 cm³/mol. The van der Waals surface area contributed by atoms with E-state index in [0.717, 1.165) is 12.8 Å². The van der Waals surface area contributed by atoms with Crippen LogP contribution in [0.15, 0.2) is 47.5 Å². The number of H-pyrrole nitrogens is 1. The molecule has 2 heterocycles. The lowest BCUT2D eigenvalue weighted by Gasteiger charge is -2.12. The lowest BCUT2D eigenvalue weighted by molar-refractivity contribution is 0.0497. The fourth-order valence-electron chi connectivity index (χ4n) is 3.30. The van der Waals surface area contributed by atoms with Crippen molar-refractivity contribution in [1.29, 1.82) is 5.26 Å². The molecule has 0 aliphatic carbocycles. The van der Waals surface area contributed by atoms with Gasteiger partial charge in [-0.1, -0.05) is 25.5 Å². The minimum atomic E-state index is -0.582. The molecule has 0 bridgehead atoms. The standard InChI is InChI=1S/C25H24N8O4/c1-3-4-11-35-23(34)16-10-9-15(13-26)12-19(16)36-22-20-21(30-14(2)29-20)32-25(33-22)37-18-8-6-5-7-17(18)31-24(27)28/h5-10,12H,3-4,11H2,1-2H3,(H4,27,28,31)(H,29,30,32,33). The third kappa shape index (κ3) is 5.91. The number of fused-ring (bicyclic) bond motifs is 1. The van der Waals surface area contributed by atoms with Gasteiger partial charge in [-0.2, -0.15) is 15.2 Å². The van der Waals surface area contributed by atoms with Gasteiger partial charge in [-0.25, -0.2) is 14.8 Å². The van der Waals surface area contributed by atoms with Crippen molar-refractivity contribution in [3.63, 3.8) is 0 Å². The van der Waals surface area contributed by atoms with E-state index in [0.29, 0.717) is 22.8 Å². The van der Waals surface area contributed by atoms with Crippen LogP contribution >= 0.6 is 0 Å². The van der Waals surface area contributed by atoms with Gasteiger partial charge in [0.2, 0.25) is 0 Å². The topological polar surface area (TPSA) is 187 Å². The first-order valence-electron chi connectivity index (χ1n) is 11.4. The molecule has 4 rings (SSSR count). The molecule has 5 N–H and O–H groups in total. The number of unbranched alkanes of at least 4 members (excludes halogenated alkanes) is 1. The Labute approximate surface area is 211 Å². The number of para-hydroxylation sites is 2. The second-order valence-electron chi connectivity index (χ2n) is 7.85. The van der Waals surface area contributed by atoms with Crippen LogP contribution in [0, 0.1) is 18.3 Å². The zero-order chi connectivity index (χ0) is 26.4. The summed E-state index contributed by atoms with van der Waals surface area (Å²) in [4.78, 5) is 32.9. The number of hydrogen-bond donors (Lipinski definition) is 3. The van der Waals surface area contributed by atoms with Crippen LogP contribution in [0.5, 0.6) is 23.4 Å². The van der Waals surface area contributed by atoms with Gasteiger partial charge in [0.1, 0.15) is 28.3 Å². The molecule has 12 heteroatoms. The van der Waals surface area contributed by atoms with Gasteiger partial charge in [0.25, 0.3) is 5.88 Å². The van der Waals surface area contributed by atoms with Crippen LogP contribution in [0.25, 0.3) is 11.2 Å². The third-order valence-corrected chi connectivity index (χ3v) is 5.00. The largest absolute Gasteiger partial charge is 0.462 e. The minimum absolute atomic E-state index is 0.0256. The van der Waals surface area contributed by atoms with Crippen LogP contribution in [-0.4, -0.2) is 38.5 Å². The van der Waals surface area contributed by atoms with E-state index in [4.69, 9.17) is 25.7 Å². The van der Waals surface area contributed by atoms with Crippen LogP contribution in [0.4, 0.5) is 5.69 Å². The smallest absolute Gasteiger partial charge is 0.341 e. The quantitative estimate of drug-likeness (QED) is 0.131. The molecule has 4 aromatic rings. The summed E-state index contributed by atoms with van der Waals surface area (Å²) in [5.41, 5.74) is 12.5.